The molecule has 2 unspecified atom stereocenters. The monoisotopic (exact) mass is 474 g/mol. The number of sulfonamides is 1. The lowest BCUT2D eigenvalue weighted by Gasteiger charge is -2.37. The van der Waals surface area contributed by atoms with E-state index in [1.807, 2.05) is 37.3 Å². The third-order valence-electron chi connectivity index (χ3n) is 6.98. The van der Waals surface area contributed by atoms with E-state index in [2.05, 4.69) is 5.32 Å². The van der Waals surface area contributed by atoms with E-state index in [9.17, 15) is 22.8 Å². The minimum Gasteiger partial charge on any atom is -0.338 e. The van der Waals surface area contributed by atoms with Gasteiger partial charge in [-0.3, -0.25) is 14.5 Å². The van der Waals surface area contributed by atoms with Crippen molar-refractivity contribution in [2.75, 3.05) is 32.7 Å². The van der Waals surface area contributed by atoms with Crippen LogP contribution in [0.2, 0.25) is 0 Å². The van der Waals surface area contributed by atoms with Crippen molar-refractivity contribution in [3.8, 4) is 0 Å². The number of carbonyl (C=O) groups excluding carboxylic acids is 3. The molecular weight excluding hydrogens is 444 g/mol. The number of rotatable bonds is 5. The highest BCUT2D eigenvalue weighted by atomic mass is 32.2. The van der Waals surface area contributed by atoms with Crippen LogP contribution in [0.3, 0.4) is 0 Å². The number of urea groups is 1. The van der Waals surface area contributed by atoms with Crippen LogP contribution in [0.5, 0.6) is 0 Å². The van der Waals surface area contributed by atoms with Crippen LogP contribution in [0.15, 0.2) is 35.7 Å². The Hall–Kier alpha value is -2.72. The van der Waals surface area contributed by atoms with Crippen molar-refractivity contribution < 1.29 is 22.8 Å². The summed E-state index contributed by atoms with van der Waals surface area (Å²) in [7, 11) is -3.61. The number of hydrogen-bond donors (Lipinski definition) is 1. The third-order valence-corrected chi connectivity index (χ3v) is 8.54. The van der Waals surface area contributed by atoms with Crippen LogP contribution in [0.25, 0.3) is 6.08 Å². The highest BCUT2D eigenvalue weighted by Gasteiger charge is 2.55. The van der Waals surface area contributed by atoms with Gasteiger partial charge in [-0.15, -0.1) is 0 Å². The Balaban J connectivity index is 1.34. The van der Waals surface area contributed by atoms with Crippen molar-refractivity contribution >= 4 is 33.9 Å². The topological polar surface area (TPSA) is 107 Å². The van der Waals surface area contributed by atoms with Gasteiger partial charge in [-0.25, -0.2) is 13.2 Å². The zero-order valence-corrected chi connectivity index (χ0v) is 19.6. The van der Waals surface area contributed by atoms with E-state index in [1.54, 1.807) is 6.08 Å². The van der Waals surface area contributed by atoms with Gasteiger partial charge in [0.05, 0.1) is 0 Å². The van der Waals surface area contributed by atoms with Gasteiger partial charge in [0.1, 0.15) is 12.1 Å². The second-order valence-corrected chi connectivity index (χ2v) is 10.8. The Morgan fingerprint density at radius 1 is 1.12 bits per heavy atom. The lowest BCUT2D eigenvalue weighted by atomic mass is 9.73. The maximum atomic E-state index is 13.1. The molecule has 2 saturated heterocycles. The smallest absolute Gasteiger partial charge is 0.325 e. The first-order valence-electron chi connectivity index (χ1n) is 11.4. The fourth-order valence-electron chi connectivity index (χ4n) is 4.88. The summed E-state index contributed by atoms with van der Waals surface area (Å²) in [5.74, 6) is -0.642. The number of carbonyl (C=O) groups is 3. The number of amides is 4. The molecule has 4 amide bonds. The first-order chi connectivity index (χ1) is 15.7. The van der Waals surface area contributed by atoms with E-state index < -0.39 is 21.6 Å². The number of nitrogens with zero attached hydrogens (tertiary/aromatic N) is 3. The largest absolute Gasteiger partial charge is 0.338 e. The molecule has 1 N–H and O–H groups in total. The summed E-state index contributed by atoms with van der Waals surface area (Å²) in [5, 5.41) is 4.03. The maximum Gasteiger partial charge on any atom is 0.325 e. The number of nitrogens with one attached hydrogen (secondary N) is 1. The SMILES string of the molecule is CC1CCCCC12NC(=O)N(CC(=O)N1CCN(S(=O)(=O)/C=C/c3ccccc3)CC1)C2=O. The molecule has 1 aliphatic carbocycles. The molecular formula is C23H30N4O5S. The minimum absolute atomic E-state index is 0.0282. The minimum atomic E-state index is -3.61. The molecule has 178 valence electrons. The van der Waals surface area contributed by atoms with Gasteiger partial charge >= 0.3 is 6.03 Å². The molecule has 3 fully saturated rings. The van der Waals surface area contributed by atoms with Gasteiger partial charge in [0.2, 0.25) is 15.9 Å². The quantitative estimate of drug-likeness (QED) is 0.653. The van der Waals surface area contributed by atoms with Crippen LogP contribution in [-0.2, 0) is 19.6 Å². The summed E-state index contributed by atoms with van der Waals surface area (Å²) in [6.07, 6.45) is 4.90. The summed E-state index contributed by atoms with van der Waals surface area (Å²) in [6, 6.07) is 8.64. The average molecular weight is 475 g/mol. The fraction of sp³-hybridized carbons (Fsp3) is 0.522. The van der Waals surface area contributed by atoms with Gasteiger partial charge < -0.3 is 10.2 Å². The zero-order chi connectivity index (χ0) is 23.6. The highest BCUT2D eigenvalue weighted by Crippen LogP contribution is 2.38. The number of hydrogen-bond acceptors (Lipinski definition) is 5. The van der Waals surface area contributed by atoms with Crippen molar-refractivity contribution in [2.24, 2.45) is 5.92 Å². The van der Waals surface area contributed by atoms with Gasteiger partial charge in [0.15, 0.2) is 0 Å². The summed E-state index contributed by atoms with van der Waals surface area (Å²) < 4.78 is 26.6. The predicted octanol–water partition coefficient (Wildman–Crippen LogP) is 1.63. The van der Waals surface area contributed by atoms with Crippen LogP contribution in [0.4, 0.5) is 4.79 Å². The molecule has 1 aromatic rings. The Labute approximate surface area is 194 Å². The average Bonchev–Trinajstić information content (AvgIpc) is 3.05. The highest BCUT2D eigenvalue weighted by molar-refractivity contribution is 7.92. The van der Waals surface area contributed by atoms with Gasteiger partial charge in [-0.05, 0) is 30.4 Å². The summed E-state index contributed by atoms with van der Waals surface area (Å²) in [6.45, 7) is 2.39. The predicted molar refractivity (Wildman–Crippen MR) is 123 cm³/mol. The van der Waals surface area contributed by atoms with Crippen LogP contribution in [0, 0.1) is 5.92 Å². The van der Waals surface area contributed by atoms with Crippen molar-refractivity contribution in [2.45, 2.75) is 38.1 Å². The lowest BCUT2D eigenvalue weighted by molar-refractivity contribution is -0.141. The van der Waals surface area contributed by atoms with Gasteiger partial charge in [-0.1, -0.05) is 50.1 Å². The normalized spacial score (nSPS) is 26.9. The maximum absolute atomic E-state index is 13.1. The van der Waals surface area contributed by atoms with Gasteiger partial charge in [0.25, 0.3) is 5.91 Å². The molecule has 9 nitrogen and oxygen atoms in total. The molecule has 2 heterocycles. The lowest BCUT2D eigenvalue weighted by Crippen LogP contribution is -2.55. The van der Waals surface area contributed by atoms with Crippen LogP contribution >= 0.6 is 0 Å². The fourth-order valence-corrected chi connectivity index (χ4v) is 6.05. The second kappa shape index (κ2) is 9.26. The molecule has 4 rings (SSSR count). The van der Waals surface area contributed by atoms with E-state index in [0.29, 0.717) is 6.42 Å². The first-order valence-corrected chi connectivity index (χ1v) is 12.9. The van der Waals surface area contributed by atoms with Crippen molar-refractivity contribution in [1.82, 2.24) is 19.4 Å². The van der Waals surface area contributed by atoms with Crippen LogP contribution < -0.4 is 5.32 Å². The molecule has 3 aliphatic rings. The summed E-state index contributed by atoms with van der Waals surface area (Å²) in [4.78, 5) is 41.0. The molecule has 1 aromatic carbocycles. The molecule has 33 heavy (non-hydrogen) atoms. The van der Waals surface area contributed by atoms with Gasteiger partial charge in [0, 0.05) is 31.6 Å². The molecule has 10 heteroatoms. The van der Waals surface area contributed by atoms with Gasteiger partial charge in [-0.2, -0.15) is 4.31 Å². The first kappa shape index (κ1) is 23.4. The zero-order valence-electron chi connectivity index (χ0n) is 18.8. The van der Waals surface area contributed by atoms with E-state index in [0.717, 1.165) is 29.7 Å². The molecule has 2 aliphatic heterocycles. The van der Waals surface area contributed by atoms with Crippen molar-refractivity contribution in [1.29, 1.82) is 0 Å². The van der Waals surface area contributed by atoms with E-state index in [1.165, 1.54) is 14.6 Å². The van der Waals surface area contributed by atoms with Crippen LogP contribution in [0.1, 0.15) is 38.2 Å². The van der Waals surface area contributed by atoms with Crippen molar-refractivity contribution in [3.05, 3.63) is 41.3 Å². The summed E-state index contributed by atoms with van der Waals surface area (Å²) in [5.41, 5.74) is -0.110. The van der Waals surface area contributed by atoms with E-state index >= 15 is 0 Å². The number of imide groups is 1. The summed E-state index contributed by atoms with van der Waals surface area (Å²) >= 11 is 0. The number of benzene rings is 1. The Morgan fingerprint density at radius 2 is 1.82 bits per heavy atom. The standard InChI is InChI=1S/C23H30N4O5S/c1-18-7-5-6-11-23(18)21(29)27(22(30)24-23)17-20(28)25-12-14-26(15-13-25)33(31,32)16-10-19-8-3-2-4-9-19/h2-4,8-10,16,18H,5-7,11-15,17H2,1H3,(H,24,30)/b16-10+. The Morgan fingerprint density at radius 3 is 2.48 bits per heavy atom. The Bertz CT molecular complexity index is 1050. The molecule has 1 saturated carbocycles. The Kier molecular flexibility index (Phi) is 6.58. The second-order valence-electron chi connectivity index (χ2n) is 8.98. The third kappa shape index (κ3) is 4.67. The molecule has 2 atom stereocenters. The molecule has 0 aromatic heterocycles. The molecule has 0 bridgehead atoms. The van der Waals surface area contributed by atoms with E-state index in [-0.39, 0.29) is 50.5 Å². The number of piperazine rings is 1. The molecule has 0 radical (unpaired) electrons. The van der Waals surface area contributed by atoms with Crippen LogP contribution in [-0.4, -0.2) is 78.6 Å². The van der Waals surface area contributed by atoms with E-state index in [4.69, 9.17) is 0 Å². The van der Waals surface area contributed by atoms with Crippen molar-refractivity contribution in [3.63, 3.8) is 0 Å². The molecule has 1 spiro atoms.